The zero-order chi connectivity index (χ0) is 15.4. The largest absolute Gasteiger partial charge is 0.508 e. The summed E-state index contributed by atoms with van der Waals surface area (Å²) in [7, 11) is 0. The van der Waals surface area contributed by atoms with E-state index in [0.29, 0.717) is 11.3 Å². The van der Waals surface area contributed by atoms with E-state index in [1.165, 1.54) is 36.4 Å². The summed E-state index contributed by atoms with van der Waals surface area (Å²) in [4.78, 5) is 11.8. The topological polar surface area (TPSA) is 81.9 Å². The molecular formula is C15H13FN2O3. The number of phenols is 2. The van der Waals surface area contributed by atoms with Crippen molar-refractivity contribution in [2.24, 2.45) is 5.10 Å². The van der Waals surface area contributed by atoms with E-state index in [-0.39, 0.29) is 17.1 Å². The molecule has 0 aromatic heterocycles. The number of hydrogen-bond acceptors (Lipinski definition) is 4. The maximum Gasteiger partial charge on any atom is 0.271 e. The summed E-state index contributed by atoms with van der Waals surface area (Å²) in [6.45, 7) is 1.58. The molecule has 2 rings (SSSR count). The molecule has 2 aromatic carbocycles. The van der Waals surface area contributed by atoms with Crippen LogP contribution < -0.4 is 5.43 Å². The third-order valence-corrected chi connectivity index (χ3v) is 2.78. The Morgan fingerprint density at radius 1 is 1.19 bits per heavy atom. The Kier molecular flexibility index (Phi) is 4.18. The Hall–Kier alpha value is -2.89. The molecule has 0 atom stereocenters. The van der Waals surface area contributed by atoms with Crippen LogP contribution in [0.15, 0.2) is 47.6 Å². The van der Waals surface area contributed by atoms with Gasteiger partial charge >= 0.3 is 0 Å². The van der Waals surface area contributed by atoms with Gasteiger partial charge in [-0.25, -0.2) is 9.82 Å². The summed E-state index contributed by atoms with van der Waals surface area (Å²) >= 11 is 0. The minimum atomic E-state index is -0.563. The van der Waals surface area contributed by atoms with Crippen molar-refractivity contribution in [3.8, 4) is 11.5 Å². The van der Waals surface area contributed by atoms with Gasteiger partial charge in [-0.3, -0.25) is 4.79 Å². The van der Waals surface area contributed by atoms with E-state index in [1.807, 2.05) is 0 Å². The Labute approximate surface area is 120 Å². The van der Waals surface area contributed by atoms with E-state index in [1.54, 1.807) is 6.92 Å². The van der Waals surface area contributed by atoms with Crippen LogP contribution in [-0.2, 0) is 0 Å². The van der Waals surface area contributed by atoms with Crippen molar-refractivity contribution in [3.63, 3.8) is 0 Å². The fraction of sp³-hybridized carbons (Fsp3) is 0.0667. The van der Waals surface area contributed by atoms with Gasteiger partial charge in [-0.15, -0.1) is 0 Å². The van der Waals surface area contributed by atoms with Crippen LogP contribution in [0.5, 0.6) is 11.5 Å². The third kappa shape index (κ3) is 3.56. The molecule has 6 heteroatoms. The van der Waals surface area contributed by atoms with Gasteiger partial charge < -0.3 is 10.2 Å². The second kappa shape index (κ2) is 6.04. The molecule has 108 valence electrons. The average molecular weight is 288 g/mol. The first-order valence-electron chi connectivity index (χ1n) is 6.10. The van der Waals surface area contributed by atoms with Gasteiger partial charge in [0.2, 0.25) is 0 Å². The summed E-state index contributed by atoms with van der Waals surface area (Å²) in [6.07, 6.45) is 0. The minimum Gasteiger partial charge on any atom is -0.508 e. The summed E-state index contributed by atoms with van der Waals surface area (Å²) < 4.78 is 13.0. The molecule has 0 heterocycles. The molecule has 0 aliphatic rings. The number of hydrazone groups is 1. The number of phenolic OH excluding ortho intramolecular Hbond substituents is 2. The molecular weight excluding hydrogens is 275 g/mol. The number of carbonyl (C=O) groups excluding carboxylic acids is 1. The van der Waals surface area contributed by atoms with E-state index >= 15 is 0 Å². The third-order valence-electron chi connectivity index (χ3n) is 2.78. The standard InChI is InChI=1S/C15H13FN2O3/c1-9(13-6-5-12(19)8-14(13)20)17-18-15(21)10-3-2-4-11(16)7-10/h2-8,19-20H,1H3,(H,18,21)/b17-9-. The lowest BCUT2D eigenvalue weighted by atomic mass is 10.1. The number of halogens is 1. The van der Waals surface area contributed by atoms with Crippen molar-refractivity contribution in [1.82, 2.24) is 5.43 Å². The van der Waals surface area contributed by atoms with Crippen LogP contribution in [-0.4, -0.2) is 21.8 Å². The second-order valence-electron chi connectivity index (χ2n) is 4.35. The highest BCUT2D eigenvalue weighted by atomic mass is 19.1. The lowest BCUT2D eigenvalue weighted by Crippen LogP contribution is -2.19. The number of hydrogen-bond donors (Lipinski definition) is 3. The Morgan fingerprint density at radius 2 is 1.95 bits per heavy atom. The Morgan fingerprint density at radius 3 is 2.62 bits per heavy atom. The van der Waals surface area contributed by atoms with Crippen molar-refractivity contribution < 1.29 is 19.4 Å². The molecule has 3 N–H and O–H groups in total. The van der Waals surface area contributed by atoms with E-state index < -0.39 is 11.7 Å². The van der Waals surface area contributed by atoms with Crippen molar-refractivity contribution in [3.05, 3.63) is 59.4 Å². The van der Waals surface area contributed by atoms with Crippen LogP contribution in [0.1, 0.15) is 22.8 Å². The maximum atomic E-state index is 13.0. The fourth-order valence-electron chi connectivity index (χ4n) is 1.72. The molecule has 0 unspecified atom stereocenters. The number of benzene rings is 2. The van der Waals surface area contributed by atoms with Crippen molar-refractivity contribution in [2.45, 2.75) is 6.92 Å². The molecule has 0 saturated heterocycles. The number of carbonyl (C=O) groups is 1. The Bertz CT molecular complexity index is 714. The minimum absolute atomic E-state index is 0.0761. The first-order chi connectivity index (χ1) is 9.97. The zero-order valence-corrected chi connectivity index (χ0v) is 11.2. The van der Waals surface area contributed by atoms with Crippen LogP contribution in [0, 0.1) is 5.82 Å². The van der Waals surface area contributed by atoms with Gasteiger partial charge in [0.1, 0.15) is 17.3 Å². The summed E-state index contributed by atoms with van der Waals surface area (Å²) in [5.41, 5.74) is 3.13. The molecule has 21 heavy (non-hydrogen) atoms. The van der Waals surface area contributed by atoms with E-state index in [4.69, 9.17) is 0 Å². The van der Waals surface area contributed by atoms with Crippen molar-refractivity contribution in [2.75, 3.05) is 0 Å². The molecule has 5 nitrogen and oxygen atoms in total. The molecule has 0 aliphatic heterocycles. The summed E-state index contributed by atoms with van der Waals surface area (Å²) in [5, 5.41) is 22.7. The average Bonchev–Trinajstić information content (AvgIpc) is 2.44. The molecule has 0 saturated carbocycles. The number of rotatable bonds is 3. The van der Waals surface area contributed by atoms with Crippen LogP contribution in [0.25, 0.3) is 0 Å². The highest BCUT2D eigenvalue weighted by molar-refractivity contribution is 6.02. The number of aromatic hydroxyl groups is 2. The molecule has 2 aromatic rings. The van der Waals surface area contributed by atoms with Crippen molar-refractivity contribution >= 4 is 11.6 Å². The summed E-state index contributed by atoms with van der Waals surface area (Å²) in [6, 6.07) is 9.25. The molecule has 0 bridgehead atoms. The first kappa shape index (κ1) is 14.5. The number of nitrogens with zero attached hydrogens (tertiary/aromatic N) is 1. The van der Waals surface area contributed by atoms with E-state index in [2.05, 4.69) is 10.5 Å². The van der Waals surface area contributed by atoms with Gasteiger partial charge in [0.05, 0.1) is 5.71 Å². The van der Waals surface area contributed by atoms with Gasteiger partial charge in [0.25, 0.3) is 5.91 Å². The lowest BCUT2D eigenvalue weighted by molar-refractivity contribution is 0.0954. The second-order valence-corrected chi connectivity index (χ2v) is 4.35. The Balaban J connectivity index is 2.15. The highest BCUT2D eigenvalue weighted by Crippen LogP contribution is 2.22. The predicted molar refractivity (Wildman–Crippen MR) is 75.8 cm³/mol. The lowest BCUT2D eigenvalue weighted by Gasteiger charge is -2.05. The monoisotopic (exact) mass is 288 g/mol. The van der Waals surface area contributed by atoms with Gasteiger partial charge in [0, 0.05) is 17.2 Å². The van der Waals surface area contributed by atoms with Gasteiger partial charge in [0.15, 0.2) is 0 Å². The molecule has 0 aliphatic carbocycles. The van der Waals surface area contributed by atoms with Crippen LogP contribution in [0.3, 0.4) is 0 Å². The van der Waals surface area contributed by atoms with Gasteiger partial charge in [-0.1, -0.05) is 6.07 Å². The molecule has 0 fully saturated rings. The zero-order valence-electron chi connectivity index (χ0n) is 11.2. The molecule has 1 amide bonds. The molecule has 0 radical (unpaired) electrons. The van der Waals surface area contributed by atoms with E-state index in [9.17, 15) is 19.4 Å². The summed E-state index contributed by atoms with van der Waals surface area (Å²) in [5.74, 6) is -1.31. The molecule has 0 spiro atoms. The number of amides is 1. The van der Waals surface area contributed by atoms with Gasteiger partial charge in [-0.05, 0) is 37.3 Å². The van der Waals surface area contributed by atoms with Crippen LogP contribution in [0.2, 0.25) is 0 Å². The van der Waals surface area contributed by atoms with Gasteiger partial charge in [-0.2, -0.15) is 5.10 Å². The van der Waals surface area contributed by atoms with Crippen molar-refractivity contribution in [1.29, 1.82) is 0 Å². The first-order valence-corrected chi connectivity index (χ1v) is 6.10. The predicted octanol–water partition coefficient (Wildman–Crippen LogP) is 2.39. The SMILES string of the molecule is C/C(=N/NC(=O)c1cccc(F)c1)c1ccc(O)cc1O. The normalized spacial score (nSPS) is 11.2. The number of nitrogens with one attached hydrogen (secondary N) is 1. The fourth-order valence-corrected chi connectivity index (χ4v) is 1.72. The maximum absolute atomic E-state index is 13.0. The smallest absolute Gasteiger partial charge is 0.271 e. The van der Waals surface area contributed by atoms with Crippen LogP contribution >= 0.6 is 0 Å². The quantitative estimate of drug-likeness (QED) is 0.599. The van der Waals surface area contributed by atoms with Crippen LogP contribution in [0.4, 0.5) is 4.39 Å². The van der Waals surface area contributed by atoms with E-state index in [0.717, 1.165) is 6.07 Å². The highest BCUT2D eigenvalue weighted by Gasteiger charge is 2.08.